The number of benzene rings is 2. The highest BCUT2D eigenvalue weighted by molar-refractivity contribution is 5.96. The molecule has 1 saturated carbocycles. The SMILES string of the molecule is CC(=O)O[C@H]1C(=O)[C@]2(C)C=C[C@H]3CO[C@@]3(OC(C)=O)[C@H]2[C@H](OC(=O)c2ccccc2)[C@]2(O)C[C@H](OC(=O)[C@H](O)[C@@H](NC(=O)NC(C)(C)C)c3ccccc3)C(C)=C1C2(C)C. The summed E-state index contributed by atoms with van der Waals surface area (Å²) >= 11 is 0. The molecule has 1 saturated heterocycles. The molecule has 1 heterocycles. The largest absolute Gasteiger partial charge is 0.456 e. The van der Waals surface area contributed by atoms with E-state index in [0.717, 1.165) is 13.8 Å². The van der Waals surface area contributed by atoms with Crippen molar-refractivity contribution in [2.45, 2.75) is 116 Å². The molecule has 15 heteroatoms. The Morgan fingerprint density at radius 2 is 1.52 bits per heavy atom. The number of ketones is 1. The first-order chi connectivity index (χ1) is 28.0. The molecular formula is C45H54N2O13. The van der Waals surface area contributed by atoms with Crippen molar-refractivity contribution in [3.8, 4) is 0 Å². The summed E-state index contributed by atoms with van der Waals surface area (Å²) in [4.78, 5) is 82.7. The molecule has 60 heavy (non-hydrogen) atoms. The highest BCUT2D eigenvalue weighted by Crippen LogP contribution is 2.64. The number of esters is 4. The first kappa shape index (κ1) is 44.2. The van der Waals surface area contributed by atoms with Gasteiger partial charge in [-0.25, -0.2) is 14.4 Å². The second kappa shape index (κ2) is 15.9. The number of nitrogens with one attached hydrogen (secondary N) is 2. The predicted octanol–water partition coefficient (Wildman–Crippen LogP) is 4.41. The molecule has 1 aliphatic heterocycles. The van der Waals surface area contributed by atoms with E-state index < -0.39 is 112 Å². The molecule has 15 nitrogen and oxygen atoms in total. The molecule has 10 atom stereocenters. The van der Waals surface area contributed by atoms with Crippen molar-refractivity contribution in [1.29, 1.82) is 0 Å². The summed E-state index contributed by atoms with van der Waals surface area (Å²) in [6.45, 7) is 13.9. The van der Waals surface area contributed by atoms with Crippen molar-refractivity contribution in [2.75, 3.05) is 6.61 Å². The second-order valence-corrected chi connectivity index (χ2v) is 17.9. The van der Waals surface area contributed by atoms with Crippen molar-refractivity contribution in [3.05, 3.63) is 95.1 Å². The van der Waals surface area contributed by atoms with E-state index in [4.69, 9.17) is 23.7 Å². The lowest BCUT2D eigenvalue weighted by Crippen LogP contribution is -2.77. The number of ether oxygens (including phenoxy) is 5. The van der Waals surface area contributed by atoms with Crippen LogP contribution in [-0.2, 0) is 42.9 Å². The molecule has 2 bridgehead atoms. The van der Waals surface area contributed by atoms with Crippen LogP contribution in [0, 0.1) is 22.7 Å². The summed E-state index contributed by atoms with van der Waals surface area (Å²) < 4.78 is 30.4. The third kappa shape index (κ3) is 7.74. The number of hydrogen-bond donors (Lipinski definition) is 4. The van der Waals surface area contributed by atoms with Gasteiger partial charge in [-0.1, -0.05) is 74.5 Å². The van der Waals surface area contributed by atoms with E-state index in [1.807, 2.05) is 0 Å². The molecule has 2 amide bonds. The van der Waals surface area contributed by atoms with E-state index in [1.165, 1.54) is 19.1 Å². The Kier molecular flexibility index (Phi) is 11.7. The maximum absolute atomic E-state index is 15.3. The minimum Gasteiger partial charge on any atom is -0.456 e. The second-order valence-electron chi connectivity index (χ2n) is 17.9. The summed E-state index contributed by atoms with van der Waals surface area (Å²) in [7, 11) is 0. The van der Waals surface area contributed by atoms with Crippen LogP contribution in [0.3, 0.4) is 0 Å². The molecule has 3 aliphatic carbocycles. The lowest BCUT2D eigenvalue weighted by Gasteiger charge is -2.64. The quantitative estimate of drug-likeness (QED) is 0.157. The van der Waals surface area contributed by atoms with E-state index >= 15 is 4.79 Å². The summed E-state index contributed by atoms with van der Waals surface area (Å²) in [6.07, 6.45) is -4.14. The summed E-state index contributed by atoms with van der Waals surface area (Å²) in [5, 5.41) is 30.7. The highest BCUT2D eigenvalue weighted by atomic mass is 16.7. The summed E-state index contributed by atoms with van der Waals surface area (Å²) in [5.41, 5.74) is -5.62. The van der Waals surface area contributed by atoms with Crippen molar-refractivity contribution in [2.24, 2.45) is 22.7 Å². The topological polar surface area (TPSA) is 213 Å². The molecule has 2 fully saturated rings. The number of fused-ring (bicyclic) bond motifs is 5. The minimum absolute atomic E-state index is 0.0614. The average Bonchev–Trinajstić information content (AvgIpc) is 3.15. The fourth-order valence-corrected chi connectivity index (χ4v) is 9.33. The molecule has 322 valence electrons. The van der Waals surface area contributed by atoms with Gasteiger partial charge in [0.2, 0.25) is 5.79 Å². The zero-order valence-electron chi connectivity index (χ0n) is 35.3. The van der Waals surface area contributed by atoms with Crippen LogP contribution in [0.4, 0.5) is 4.79 Å². The van der Waals surface area contributed by atoms with Gasteiger partial charge >= 0.3 is 29.9 Å². The van der Waals surface area contributed by atoms with E-state index in [2.05, 4.69) is 10.6 Å². The highest BCUT2D eigenvalue weighted by Gasteiger charge is 2.76. The van der Waals surface area contributed by atoms with Gasteiger partial charge < -0.3 is 44.5 Å². The summed E-state index contributed by atoms with van der Waals surface area (Å²) in [5.74, 6) is -8.48. The first-order valence-electron chi connectivity index (χ1n) is 19.9. The van der Waals surface area contributed by atoms with Gasteiger partial charge in [0, 0.05) is 31.2 Å². The smallest absolute Gasteiger partial charge is 0.338 e. The fraction of sp³-hybridized carbons (Fsp3) is 0.511. The zero-order valence-corrected chi connectivity index (χ0v) is 35.3. The van der Waals surface area contributed by atoms with Crippen LogP contribution in [0.25, 0.3) is 0 Å². The number of aliphatic hydroxyl groups excluding tert-OH is 1. The molecule has 6 rings (SSSR count). The van der Waals surface area contributed by atoms with Gasteiger partial charge in [-0.3, -0.25) is 14.4 Å². The number of carbonyl (C=O) groups is 6. The van der Waals surface area contributed by atoms with E-state index in [1.54, 1.807) is 102 Å². The Morgan fingerprint density at radius 1 is 0.900 bits per heavy atom. The van der Waals surface area contributed by atoms with E-state index in [9.17, 15) is 34.2 Å². The lowest BCUT2D eigenvalue weighted by atomic mass is 9.47. The Balaban J connectivity index is 1.52. The monoisotopic (exact) mass is 830 g/mol. The number of hydrogen-bond acceptors (Lipinski definition) is 13. The van der Waals surface area contributed by atoms with Crippen LogP contribution in [0.1, 0.15) is 90.7 Å². The van der Waals surface area contributed by atoms with Gasteiger partial charge in [0.05, 0.1) is 35.5 Å². The number of Topliss-reactive ketones (excluding diaryl/α,β-unsaturated/α-hetero) is 1. The van der Waals surface area contributed by atoms with Crippen molar-refractivity contribution in [3.63, 3.8) is 0 Å². The van der Waals surface area contributed by atoms with Crippen molar-refractivity contribution >= 4 is 35.7 Å². The normalized spacial score (nSPS) is 31.3. The van der Waals surface area contributed by atoms with Gasteiger partial charge in [0.25, 0.3) is 0 Å². The maximum Gasteiger partial charge on any atom is 0.338 e. The van der Waals surface area contributed by atoms with Crippen molar-refractivity contribution in [1.82, 2.24) is 10.6 Å². The predicted molar refractivity (Wildman–Crippen MR) is 213 cm³/mol. The molecule has 0 unspecified atom stereocenters. The minimum atomic E-state index is -2.32. The van der Waals surface area contributed by atoms with Gasteiger partial charge in [-0.15, -0.1) is 0 Å². The fourth-order valence-electron chi connectivity index (χ4n) is 9.33. The molecule has 4 aliphatic rings. The van der Waals surface area contributed by atoms with Crippen molar-refractivity contribution < 1.29 is 62.7 Å². The molecule has 0 aromatic heterocycles. The zero-order chi connectivity index (χ0) is 44.2. The number of allylic oxidation sites excluding steroid dienone is 1. The number of carbonyl (C=O) groups excluding carboxylic acids is 6. The third-order valence-corrected chi connectivity index (χ3v) is 12.3. The van der Waals surface area contributed by atoms with Gasteiger partial charge in [-0.05, 0) is 63.5 Å². The molecule has 2 aromatic rings. The van der Waals surface area contributed by atoms with Crippen LogP contribution < -0.4 is 10.6 Å². The van der Waals surface area contributed by atoms with E-state index in [-0.39, 0.29) is 23.3 Å². The van der Waals surface area contributed by atoms with Crippen LogP contribution in [0.5, 0.6) is 0 Å². The van der Waals surface area contributed by atoms with Crippen LogP contribution >= 0.6 is 0 Å². The average molecular weight is 831 g/mol. The van der Waals surface area contributed by atoms with Crippen LogP contribution in [0.2, 0.25) is 0 Å². The van der Waals surface area contributed by atoms with E-state index in [0.29, 0.717) is 5.56 Å². The Labute approximate surface area is 348 Å². The third-order valence-electron chi connectivity index (χ3n) is 12.3. The molecule has 0 radical (unpaired) electrons. The Morgan fingerprint density at radius 3 is 2.07 bits per heavy atom. The van der Waals surface area contributed by atoms with Crippen LogP contribution in [-0.4, -0.2) is 93.9 Å². The summed E-state index contributed by atoms with van der Waals surface area (Å²) in [6, 6.07) is 14.2. The molecule has 2 aromatic carbocycles. The Hall–Kier alpha value is -5.38. The first-order valence-corrected chi connectivity index (χ1v) is 19.9. The van der Waals surface area contributed by atoms with Gasteiger partial charge in [0.1, 0.15) is 17.8 Å². The molecular weight excluding hydrogens is 776 g/mol. The van der Waals surface area contributed by atoms with Gasteiger partial charge in [-0.2, -0.15) is 0 Å². The standard InChI is InChI=1S/C45H54N2O13/c1-24-30(58-39(53)33(50)32(27-16-12-10-13-17-27)46-40(54)47-41(4,5)6)22-44(55)37(59-38(52)28-18-14-11-15-19-28)35-43(9,21-20-29-23-56-45(29,35)60-26(3)49)36(51)34(57-25(2)48)31(24)42(44,7)8/h10-21,29-30,32-35,37,50,55H,22-23H2,1-9H3,(H2,46,47,54)/t29-,30-,32-,33+,34+,35-,37-,43+,44+,45-/m0/s1. The number of rotatable bonds is 9. The lowest BCUT2D eigenvalue weighted by molar-refractivity contribution is -0.378. The maximum atomic E-state index is 15.3. The van der Waals surface area contributed by atoms with Crippen LogP contribution in [0.15, 0.2) is 84.0 Å². The molecule has 0 spiro atoms. The number of aliphatic hydroxyl groups is 2. The van der Waals surface area contributed by atoms with Gasteiger partial charge in [0.15, 0.2) is 18.0 Å². The Bertz CT molecular complexity index is 2110. The molecule has 4 N–H and O–H groups in total. The number of urea groups is 1. The number of amides is 2.